The minimum atomic E-state index is 0.803. The van der Waals surface area contributed by atoms with E-state index in [0.717, 1.165) is 11.5 Å². The van der Waals surface area contributed by atoms with E-state index in [1.807, 2.05) is 29.9 Å². The number of rotatable bonds is 1. The molecule has 0 bridgehead atoms. The van der Waals surface area contributed by atoms with Gasteiger partial charge in [0.05, 0.1) is 11.9 Å². The Morgan fingerprint density at radius 3 is 3.00 bits per heavy atom. The van der Waals surface area contributed by atoms with E-state index in [-0.39, 0.29) is 0 Å². The fraction of sp³-hybridized carbons (Fsp3) is 0.125. The highest BCUT2D eigenvalue weighted by atomic mass is 16.3. The molecule has 2 heterocycles. The van der Waals surface area contributed by atoms with Crippen LogP contribution in [-0.2, 0) is 7.05 Å². The number of aryl methyl sites for hydroxylation is 1. The summed E-state index contributed by atoms with van der Waals surface area (Å²) in [6, 6.07) is 3.96. The standard InChI is InChI=1S/C8H8N2O/c1-10-4-2-3-7(10)8-5-9-6-11-8/h2-6H,1H3. The number of aromatic nitrogens is 2. The van der Waals surface area contributed by atoms with Crippen molar-refractivity contribution in [3.05, 3.63) is 30.9 Å². The van der Waals surface area contributed by atoms with Gasteiger partial charge in [0.25, 0.3) is 0 Å². The Morgan fingerprint density at radius 2 is 2.45 bits per heavy atom. The van der Waals surface area contributed by atoms with E-state index < -0.39 is 0 Å². The molecule has 0 N–H and O–H groups in total. The molecular weight excluding hydrogens is 140 g/mol. The second-order valence-electron chi connectivity index (χ2n) is 2.37. The number of nitrogens with zero attached hydrogens (tertiary/aromatic N) is 2. The first kappa shape index (κ1) is 6.22. The Labute approximate surface area is 64.3 Å². The third kappa shape index (κ3) is 0.941. The minimum Gasteiger partial charge on any atom is -0.442 e. The molecule has 0 unspecified atom stereocenters. The lowest BCUT2D eigenvalue weighted by atomic mass is 10.3. The molecule has 0 radical (unpaired) electrons. The van der Waals surface area contributed by atoms with Gasteiger partial charge >= 0.3 is 0 Å². The van der Waals surface area contributed by atoms with Crippen LogP contribution in [0.5, 0.6) is 0 Å². The zero-order chi connectivity index (χ0) is 7.68. The third-order valence-corrected chi connectivity index (χ3v) is 1.63. The smallest absolute Gasteiger partial charge is 0.181 e. The number of oxazole rings is 1. The Morgan fingerprint density at radius 1 is 1.55 bits per heavy atom. The van der Waals surface area contributed by atoms with Crippen molar-refractivity contribution in [2.75, 3.05) is 0 Å². The van der Waals surface area contributed by atoms with Crippen molar-refractivity contribution in [3.8, 4) is 11.5 Å². The zero-order valence-corrected chi connectivity index (χ0v) is 6.19. The molecule has 0 amide bonds. The molecule has 0 aromatic carbocycles. The molecule has 0 fully saturated rings. The van der Waals surface area contributed by atoms with Gasteiger partial charge < -0.3 is 8.98 Å². The fourth-order valence-corrected chi connectivity index (χ4v) is 1.06. The summed E-state index contributed by atoms with van der Waals surface area (Å²) >= 11 is 0. The summed E-state index contributed by atoms with van der Waals surface area (Å²) in [5.41, 5.74) is 1.04. The van der Waals surface area contributed by atoms with E-state index in [1.54, 1.807) is 6.20 Å². The maximum Gasteiger partial charge on any atom is 0.181 e. The van der Waals surface area contributed by atoms with Crippen LogP contribution in [0.1, 0.15) is 0 Å². The molecule has 2 rings (SSSR count). The lowest BCUT2D eigenvalue weighted by Gasteiger charge is -1.95. The Kier molecular flexibility index (Phi) is 1.28. The van der Waals surface area contributed by atoms with Gasteiger partial charge in [0.1, 0.15) is 0 Å². The average molecular weight is 148 g/mol. The molecule has 0 aliphatic rings. The molecular formula is C8H8N2O. The first-order valence-electron chi connectivity index (χ1n) is 3.38. The largest absolute Gasteiger partial charge is 0.442 e. The maximum absolute atomic E-state index is 5.13. The first-order chi connectivity index (χ1) is 5.38. The highest BCUT2D eigenvalue weighted by Crippen LogP contribution is 2.17. The van der Waals surface area contributed by atoms with Crippen molar-refractivity contribution in [1.82, 2.24) is 9.55 Å². The molecule has 0 saturated heterocycles. The topological polar surface area (TPSA) is 31.0 Å². The average Bonchev–Trinajstić information content (AvgIpc) is 2.55. The zero-order valence-electron chi connectivity index (χ0n) is 6.19. The van der Waals surface area contributed by atoms with E-state index in [1.165, 1.54) is 6.39 Å². The summed E-state index contributed by atoms with van der Waals surface area (Å²) in [5, 5.41) is 0. The van der Waals surface area contributed by atoms with Gasteiger partial charge in [-0.05, 0) is 12.1 Å². The van der Waals surface area contributed by atoms with Crippen LogP contribution in [-0.4, -0.2) is 9.55 Å². The third-order valence-electron chi connectivity index (χ3n) is 1.63. The normalized spacial score (nSPS) is 10.3. The first-order valence-corrected chi connectivity index (χ1v) is 3.38. The van der Waals surface area contributed by atoms with Crippen molar-refractivity contribution in [2.24, 2.45) is 7.05 Å². The molecule has 0 aliphatic heterocycles. The summed E-state index contributed by atoms with van der Waals surface area (Å²) in [4.78, 5) is 3.84. The predicted octanol–water partition coefficient (Wildman–Crippen LogP) is 1.68. The van der Waals surface area contributed by atoms with Crippen molar-refractivity contribution in [2.45, 2.75) is 0 Å². The van der Waals surface area contributed by atoms with Crippen molar-refractivity contribution >= 4 is 0 Å². The van der Waals surface area contributed by atoms with Gasteiger partial charge in [0.2, 0.25) is 0 Å². The van der Waals surface area contributed by atoms with Crippen LogP contribution in [0, 0.1) is 0 Å². The summed E-state index contributed by atoms with van der Waals surface area (Å²) in [5.74, 6) is 0.803. The Bertz CT molecular complexity index is 335. The van der Waals surface area contributed by atoms with E-state index >= 15 is 0 Å². The van der Waals surface area contributed by atoms with Crippen LogP contribution in [0.2, 0.25) is 0 Å². The molecule has 56 valence electrons. The minimum absolute atomic E-state index is 0.803. The van der Waals surface area contributed by atoms with Gasteiger partial charge in [0.15, 0.2) is 12.2 Å². The van der Waals surface area contributed by atoms with Crippen LogP contribution >= 0.6 is 0 Å². The van der Waals surface area contributed by atoms with Crippen molar-refractivity contribution in [3.63, 3.8) is 0 Å². The molecule has 2 aromatic rings. The second-order valence-corrected chi connectivity index (χ2v) is 2.37. The van der Waals surface area contributed by atoms with E-state index in [4.69, 9.17) is 4.42 Å². The lowest BCUT2D eigenvalue weighted by Crippen LogP contribution is -1.86. The Balaban J connectivity index is 2.53. The van der Waals surface area contributed by atoms with E-state index in [9.17, 15) is 0 Å². The monoisotopic (exact) mass is 148 g/mol. The summed E-state index contributed by atoms with van der Waals surface area (Å²) in [6.45, 7) is 0. The summed E-state index contributed by atoms with van der Waals surface area (Å²) in [6.07, 6.45) is 5.11. The lowest BCUT2D eigenvalue weighted by molar-refractivity contribution is 0.567. The van der Waals surface area contributed by atoms with Gasteiger partial charge in [-0.15, -0.1) is 0 Å². The van der Waals surface area contributed by atoms with Gasteiger partial charge in [-0.2, -0.15) is 0 Å². The van der Waals surface area contributed by atoms with Crippen LogP contribution in [0.3, 0.4) is 0 Å². The van der Waals surface area contributed by atoms with Crippen LogP contribution in [0.4, 0.5) is 0 Å². The number of hydrogen-bond acceptors (Lipinski definition) is 2. The summed E-state index contributed by atoms with van der Waals surface area (Å²) in [7, 11) is 1.97. The van der Waals surface area contributed by atoms with Crippen molar-refractivity contribution in [1.29, 1.82) is 0 Å². The molecule has 3 heteroatoms. The quantitative estimate of drug-likeness (QED) is 0.616. The molecule has 0 spiro atoms. The number of hydrogen-bond donors (Lipinski definition) is 0. The SMILES string of the molecule is Cn1cccc1-c1cnco1. The molecule has 0 aliphatic carbocycles. The van der Waals surface area contributed by atoms with Gasteiger partial charge in [0, 0.05) is 13.2 Å². The van der Waals surface area contributed by atoms with Gasteiger partial charge in [-0.25, -0.2) is 4.98 Å². The summed E-state index contributed by atoms with van der Waals surface area (Å²) < 4.78 is 7.11. The highest BCUT2D eigenvalue weighted by Gasteiger charge is 2.02. The Hall–Kier alpha value is -1.51. The van der Waals surface area contributed by atoms with Gasteiger partial charge in [-0.1, -0.05) is 0 Å². The predicted molar refractivity (Wildman–Crippen MR) is 40.9 cm³/mol. The maximum atomic E-state index is 5.13. The van der Waals surface area contributed by atoms with E-state index in [0.29, 0.717) is 0 Å². The van der Waals surface area contributed by atoms with Gasteiger partial charge in [-0.3, -0.25) is 0 Å². The van der Waals surface area contributed by atoms with Crippen LogP contribution in [0.15, 0.2) is 35.3 Å². The molecule has 11 heavy (non-hydrogen) atoms. The molecule has 2 aromatic heterocycles. The fourth-order valence-electron chi connectivity index (χ4n) is 1.06. The van der Waals surface area contributed by atoms with E-state index in [2.05, 4.69) is 4.98 Å². The molecule has 0 atom stereocenters. The molecule has 3 nitrogen and oxygen atoms in total. The second kappa shape index (κ2) is 2.27. The van der Waals surface area contributed by atoms with Crippen LogP contribution < -0.4 is 0 Å². The highest BCUT2D eigenvalue weighted by molar-refractivity contribution is 5.51. The van der Waals surface area contributed by atoms with Crippen LogP contribution in [0.25, 0.3) is 11.5 Å². The molecule has 0 saturated carbocycles. The van der Waals surface area contributed by atoms with Crippen molar-refractivity contribution < 1.29 is 4.42 Å².